The molecule has 0 saturated carbocycles. The molecule has 6 rings (SSSR count). The minimum Gasteiger partial charge on any atom is -0.457 e. The number of likely N-dealkylation sites (tertiary alicyclic amines) is 1. The third-order valence-electron chi connectivity index (χ3n) is 11.3. The predicted octanol–water partition coefficient (Wildman–Crippen LogP) is 8.91. The Bertz CT molecular complexity index is 2180. The average Bonchev–Trinajstić information content (AvgIpc) is 3.71. The molecular weight excluding hydrogens is 815 g/mol. The number of nitrogens with one attached hydrogen (secondary N) is 1. The maximum Gasteiger partial charge on any atom is 0.410 e. The van der Waals surface area contributed by atoms with Crippen molar-refractivity contribution < 1.29 is 28.6 Å². The van der Waals surface area contributed by atoms with Crippen molar-refractivity contribution in [2.24, 2.45) is 13.0 Å². The van der Waals surface area contributed by atoms with Gasteiger partial charge in [-0.1, -0.05) is 48.3 Å². The van der Waals surface area contributed by atoms with E-state index in [-0.39, 0.29) is 25.0 Å². The molecule has 0 spiro atoms. The molecule has 2 fully saturated rings. The number of hydrogen-bond donors (Lipinski definition) is 1. The molecule has 0 radical (unpaired) electrons. The Kier molecular flexibility index (Phi) is 14.1. The first-order chi connectivity index (χ1) is 28.7. The molecule has 1 N–H and O–H groups in total. The highest BCUT2D eigenvalue weighted by Gasteiger charge is 2.50. The second-order valence-corrected chi connectivity index (χ2v) is 19.1. The van der Waals surface area contributed by atoms with Crippen molar-refractivity contribution in [3.8, 4) is 22.8 Å². The molecule has 0 unspecified atom stereocenters. The van der Waals surface area contributed by atoms with Gasteiger partial charge in [-0.3, -0.25) is 14.5 Å². The van der Waals surface area contributed by atoms with E-state index in [9.17, 15) is 14.4 Å². The molecule has 14 heteroatoms. The molecule has 328 valence electrons. The lowest BCUT2D eigenvalue weighted by Crippen LogP contribution is -2.64. The molecule has 61 heavy (non-hydrogen) atoms. The smallest absolute Gasteiger partial charge is 0.410 e. The molecule has 12 nitrogen and oxygen atoms in total. The fourth-order valence-corrected chi connectivity index (χ4v) is 8.47. The van der Waals surface area contributed by atoms with Gasteiger partial charge in [0.25, 0.3) is 0 Å². The van der Waals surface area contributed by atoms with Crippen molar-refractivity contribution in [2.75, 3.05) is 33.8 Å². The number of ether oxygens (including phenoxy) is 3. The summed E-state index contributed by atoms with van der Waals surface area (Å²) in [6.07, 6.45) is 4.20. The number of nitrogens with zero attached hydrogens (tertiary/aromatic N) is 5. The summed E-state index contributed by atoms with van der Waals surface area (Å²) in [6, 6.07) is 20.0. The molecule has 3 heterocycles. The number of halogens is 2. The van der Waals surface area contributed by atoms with Crippen molar-refractivity contribution >= 4 is 41.1 Å². The molecule has 2 aliphatic heterocycles. The molecule has 0 aliphatic carbocycles. The number of aryl methyl sites for hydroxylation is 1. The Hall–Kier alpha value is -4.62. The third-order valence-corrected chi connectivity index (χ3v) is 11.8. The zero-order valence-electron chi connectivity index (χ0n) is 36.9. The standard InChI is InChI=1S/C47H60Cl2N6O6/c1-31(11-14-34-15-20-36(49)25-40(34)60-37-21-16-33(17-22-37)38-27-50-41(53(38)9)28-52(7)8)43(57)55-39(29-59-46(55,5)6)42(56)51-47(26-32-12-18-35(48)19-13-32)23-10-24-54(30-47)44(58)61-45(2,3)4/h12-13,15-22,25,27,31,39H,10-11,14,23-24,26,28-30H2,1-9H3,(H,51,56)/t31-,39+,47-/m1/s1. The first-order valence-corrected chi connectivity index (χ1v) is 21.7. The molecule has 0 bridgehead atoms. The van der Waals surface area contributed by atoms with Crippen molar-refractivity contribution in [1.82, 2.24) is 29.6 Å². The molecule has 3 atom stereocenters. The lowest BCUT2D eigenvalue weighted by atomic mass is 9.82. The SMILES string of the molecule is C[C@H](CCc1ccc(Cl)cc1Oc1ccc(-c2cnc(CN(C)C)n2C)cc1)C(=O)N1[C@H](C(=O)N[C@@]2(Cc3ccc(Cl)cc3)CCCN(C(=O)OC(C)(C)C)C2)COC1(C)C. The average molecular weight is 876 g/mol. The van der Waals surface area contributed by atoms with E-state index in [4.69, 9.17) is 37.4 Å². The van der Waals surface area contributed by atoms with Crippen LogP contribution in [0.15, 0.2) is 72.9 Å². The van der Waals surface area contributed by atoms with Crippen LogP contribution in [0.2, 0.25) is 10.0 Å². The van der Waals surface area contributed by atoms with Crippen LogP contribution in [0, 0.1) is 5.92 Å². The Morgan fingerprint density at radius 3 is 2.38 bits per heavy atom. The van der Waals surface area contributed by atoms with Gasteiger partial charge in [0.15, 0.2) is 0 Å². The second kappa shape index (κ2) is 18.8. The number of piperidine rings is 1. The van der Waals surface area contributed by atoms with Crippen LogP contribution in [-0.2, 0) is 45.5 Å². The fraction of sp³-hybridized carbons (Fsp3) is 0.489. The Morgan fingerprint density at radius 2 is 1.70 bits per heavy atom. The minimum absolute atomic E-state index is 0.0376. The zero-order valence-corrected chi connectivity index (χ0v) is 38.4. The van der Waals surface area contributed by atoms with Crippen molar-refractivity contribution in [2.45, 2.75) is 103 Å². The van der Waals surface area contributed by atoms with E-state index < -0.39 is 34.9 Å². The lowest BCUT2D eigenvalue weighted by molar-refractivity contribution is -0.153. The van der Waals surface area contributed by atoms with Gasteiger partial charge in [0.1, 0.15) is 34.7 Å². The van der Waals surface area contributed by atoms with E-state index in [0.717, 1.165) is 34.8 Å². The normalized spacial score (nSPS) is 19.5. The summed E-state index contributed by atoms with van der Waals surface area (Å²) in [5.41, 5.74) is 1.35. The van der Waals surface area contributed by atoms with Gasteiger partial charge in [0, 0.05) is 41.7 Å². The summed E-state index contributed by atoms with van der Waals surface area (Å²) in [4.78, 5) is 52.2. The fourth-order valence-electron chi connectivity index (χ4n) is 8.19. The number of imidazole rings is 1. The highest BCUT2D eigenvalue weighted by molar-refractivity contribution is 6.31. The van der Waals surface area contributed by atoms with Gasteiger partial charge in [-0.2, -0.15) is 0 Å². The van der Waals surface area contributed by atoms with Gasteiger partial charge in [0.2, 0.25) is 11.8 Å². The van der Waals surface area contributed by atoms with Crippen LogP contribution in [0.3, 0.4) is 0 Å². The topological polar surface area (TPSA) is 118 Å². The van der Waals surface area contributed by atoms with Gasteiger partial charge >= 0.3 is 6.09 Å². The van der Waals surface area contributed by atoms with Crippen LogP contribution in [0.5, 0.6) is 11.5 Å². The number of carbonyl (C=O) groups excluding carboxylic acids is 3. The summed E-state index contributed by atoms with van der Waals surface area (Å²) < 4.78 is 20.4. The number of hydrogen-bond acceptors (Lipinski definition) is 8. The first-order valence-electron chi connectivity index (χ1n) is 21.0. The molecule has 3 amide bonds. The predicted molar refractivity (Wildman–Crippen MR) is 239 cm³/mol. The highest BCUT2D eigenvalue weighted by atomic mass is 35.5. The van der Waals surface area contributed by atoms with Crippen LogP contribution in [-0.4, -0.2) is 98.9 Å². The van der Waals surface area contributed by atoms with Crippen LogP contribution < -0.4 is 10.1 Å². The molecule has 2 aliphatic rings. The van der Waals surface area contributed by atoms with E-state index >= 15 is 0 Å². The zero-order chi connectivity index (χ0) is 44.3. The Labute approximate surface area is 370 Å². The third kappa shape index (κ3) is 11.5. The van der Waals surface area contributed by atoms with Crippen LogP contribution in [0.1, 0.15) is 77.8 Å². The summed E-state index contributed by atoms with van der Waals surface area (Å²) >= 11 is 12.7. The first kappa shape index (κ1) is 45.9. The quantitative estimate of drug-likeness (QED) is 0.142. The van der Waals surface area contributed by atoms with E-state index in [1.54, 1.807) is 15.9 Å². The largest absolute Gasteiger partial charge is 0.457 e. The van der Waals surface area contributed by atoms with Crippen LogP contribution in [0.4, 0.5) is 4.79 Å². The van der Waals surface area contributed by atoms with Crippen LogP contribution >= 0.6 is 23.2 Å². The molecule has 1 aromatic heterocycles. The number of benzene rings is 3. The van der Waals surface area contributed by atoms with Crippen molar-refractivity contribution in [3.05, 3.63) is 99.9 Å². The number of carbonyl (C=O) groups is 3. The van der Waals surface area contributed by atoms with Crippen molar-refractivity contribution in [1.29, 1.82) is 0 Å². The molecule has 2 saturated heterocycles. The molecule has 4 aromatic rings. The highest BCUT2D eigenvalue weighted by Crippen LogP contribution is 2.35. The number of rotatable bonds is 13. The lowest BCUT2D eigenvalue weighted by Gasteiger charge is -2.44. The van der Waals surface area contributed by atoms with Gasteiger partial charge in [-0.05, 0) is 140 Å². The molecular formula is C47H60Cl2N6O6. The maximum atomic E-state index is 14.5. The maximum absolute atomic E-state index is 14.5. The number of amides is 3. The van der Waals surface area contributed by atoms with Crippen LogP contribution in [0.25, 0.3) is 11.3 Å². The van der Waals surface area contributed by atoms with Gasteiger partial charge in [-0.25, -0.2) is 9.78 Å². The number of aromatic nitrogens is 2. The Morgan fingerprint density at radius 1 is 1.02 bits per heavy atom. The van der Waals surface area contributed by atoms with Crippen molar-refractivity contribution in [3.63, 3.8) is 0 Å². The minimum atomic E-state index is -1.03. The Balaban J connectivity index is 1.15. The summed E-state index contributed by atoms with van der Waals surface area (Å²) in [5.74, 6) is 1.25. The van der Waals surface area contributed by atoms with Gasteiger partial charge in [0.05, 0.1) is 30.6 Å². The second-order valence-electron chi connectivity index (χ2n) is 18.2. The monoisotopic (exact) mass is 874 g/mol. The van der Waals surface area contributed by atoms with Gasteiger partial charge < -0.3 is 33.9 Å². The summed E-state index contributed by atoms with van der Waals surface area (Å²) in [5, 5.41) is 4.48. The van der Waals surface area contributed by atoms with Gasteiger partial charge in [-0.15, -0.1) is 0 Å². The van der Waals surface area contributed by atoms with E-state index in [2.05, 4.69) is 19.8 Å². The molecule has 3 aromatic carbocycles. The van der Waals surface area contributed by atoms with E-state index in [1.807, 2.05) is 130 Å². The summed E-state index contributed by atoms with van der Waals surface area (Å²) in [6.45, 7) is 12.5. The summed E-state index contributed by atoms with van der Waals surface area (Å²) in [7, 11) is 6.05. The van der Waals surface area contributed by atoms with E-state index in [0.29, 0.717) is 60.2 Å². The van der Waals surface area contributed by atoms with E-state index in [1.165, 1.54) is 0 Å².